The lowest BCUT2D eigenvalue weighted by Gasteiger charge is -2.11. The van der Waals surface area contributed by atoms with Crippen molar-refractivity contribution in [2.45, 2.75) is 6.61 Å². The van der Waals surface area contributed by atoms with Gasteiger partial charge in [-0.25, -0.2) is 4.79 Å². The zero-order valence-electron chi connectivity index (χ0n) is 8.58. The minimum atomic E-state index is -3.10. The molecule has 1 rings (SSSR count). The Morgan fingerprint density at radius 3 is 2.59 bits per heavy atom. The molecule has 0 N–H and O–H groups in total. The van der Waals surface area contributed by atoms with E-state index in [1.807, 2.05) is 0 Å². The summed E-state index contributed by atoms with van der Waals surface area (Å²) in [6.45, 7) is -3.10. The van der Waals surface area contributed by atoms with E-state index < -0.39 is 18.3 Å². The Kier molecular flexibility index (Phi) is 4.56. The van der Waals surface area contributed by atoms with Crippen molar-refractivity contribution >= 4 is 28.2 Å². The van der Waals surface area contributed by atoms with Gasteiger partial charge in [-0.1, -0.05) is 0 Å². The average molecular weight is 309 g/mol. The average Bonchev–Trinajstić information content (AvgIpc) is 2.26. The highest BCUT2D eigenvalue weighted by Gasteiger charge is 2.20. The van der Waals surface area contributed by atoms with Crippen LogP contribution >= 0.6 is 15.9 Å². The lowest BCUT2D eigenvalue weighted by Crippen LogP contribution is -2.10. The van der Waals surface area contributed by atoms with Crippen molar-refractivity contribution in [1.82, 2.24) is 0 Å². The number of methoxy groups -OCH3 is 1. The molecule has 0 heterocycles. The molecule has 0 bridgehead atoms. The first-order chi connectivity index (χ1) is 7.99. The first-order valence-corrected chi connectivity index (χ1v) is 5.10. The van der Waals surface area contributed by atoms with E-state index in [0.717, 1.165) is 13.2 Å². The standard InChI is InChI=1S/C10H7BrF2O4/c1-16-9(15)8-6(11)2-5(4-14)3-7(8)17-10(12)13/h2-4,10H,1H3. The monoisotopic (exact) mass is 308 g/mol. The van der Waals surface area contributed by atoms with Crippen LogP contribution < -0.4 is 4.74 Å². The molecule has 0 aliphatic heterocycles. The van der Waals surface area contributed by atoms with Crippen molar-refractivity contribution in [2.24, 2.45) is 0 Å². The molecule has 0 spiro atoms. The van der Waals surface area contributed by atoms with Crippen LogP contribution in [0, 0.1) is 0 Å². The Morgan fingerprint density at radius 1 is 1.47 bits per heavy atom. The number of ether oxygens (including phenoxy) is 2. The van der Waals surface area contributed by atoms with E-state index in [1.54, 1.807) is 0 Å². The fourth-order valence-corrected chi connectivity index (χ4v) is 1.78. The molecule has 0 aliphatic rings. The topological polar surface area (TPSA) is 52.6 Å². The lowest BCUT2D eigenvalue weighted by molar-refractivity contribution is -0.0504. The quantitative estimate of drug-likeness (QED) is 0.634. The van der Waals surface area contributed by atoms with Crippen LogP contribution in [0.25, 0.3) is 0 Å². The fourth-order valence-electron chi connectivity index (χ4n) is 1.16. The van der Waals surface area contributed by atoms with E-state index >= 15 is 0 Å². The Labute approximate surface area is 104 Å². The van der Waals surface area contributed by atoms with Crippen molar-refractivity contribution in [3.63, 3.8) is 0 Å². The Bertz CT molecular complexity index is 448. The maximum absolute atomic E-state index is 12.2. The SMILES string of the molecule is COC(=O)c1c(Br)cc(C=O)cc1OC(F)F. The summed E-state index contributed by atoms with van der Waals surface area (Å²) >= 11 is 2.99. The smallest absolute Gasteiger partial charge is 0.387 e. The van der Waals surface area contributed by atoms with Crippen LogP contribution in [-0.4, -0.2) is 26.0 Å². The molecule has 1 aromatic rings. The van der Waals surface area contributed by atoms with Gasteiger partial charge in [-0.2, -0.15) is 8.78 Å². The third-order valence-electron chi connectivity index (χ3n) is 1.82. The van der Waals surface area contributed by atoms with Gasteiger partial charge < -0.3 is 9.47 Å². The van der Waals surface area contributed by atoms with E-state index in [1.165, 1.54) is 6.07 Å². The summed E-state index contributed by atoms with van der Waals surface area (Å²) in [5.74, 6) is -1.26. The molecule has 0 radical (unpaired) electrons. The van der Waals surface area contributed by atoms with Crippen LogP contribution in [0.4, 0.5) is 8.78 Å². The lowest BCUT2D eigenvalue weighted by atomic mass is 10.1. The van der Waals surface area contributed by atoms with Gasteiger partial charge in [0.25, 0.3) is 0 Å². The summed E-state index contributed by atoms with van der Waals surface area (Å²) in [6, 6.07) is 2.34. The number of hydrogen-bond donors (Lipinski definition) is 0. The second-order valence-corrected chi connectivity index (χ2v) is 3.72. The molecule has 0 saturated heterocycles. The van der Waals surface area contributed by atoms with E-state index in [-0.39, 0.29) is 15.6 Å². The third kappa shape index (κ3) is 3.23. The molecule has 4 nitrogen and oxygen atoms in total. The van der Waals surface area contributed by atoms with Crippen molar-refractivity contribution in [2.75, 3.05) is 7.11 Å². The first-order valence-electron chi connectivity index (χ1n) is 4.31. The van der Waals surface area contributed by atoms with E-state index in [0.29, 0.717) is 6.29 Å². The number of carbonyl (C=O) groups is 2. The van der Waals surface area contributed by atoms with Gasteiger partial charge in [-0.15, -0.1) is 0 Å². The van der Waals surface area contributed by atoms with Crippen molar-refractivity contribution < 1.29 is 27.8 Å². The van der Waals surface area contributed by atoms with Gasteiger partial charge >= 0.3 is 12.6 Å². The molecule has 7 heteroatoms. The number of esters is 1. The summed E-state index contributed by atoms with van der Waals surface area (Å²) < 4.78 is 33.1. The van der Waals surface area contributed by atoms with Crippen molar-refractivity contribution in [1.29, 1.82) is 0 Å². The minimum absolute atomic E-state index is 0.0974. The van der Waals surface area contributed by atoms with Gasteiger partial charge in [0.15, 0.2) is 0 Å². The highest BCUT2D eigenvalue weighted by molar-refractivity contribution is 9.10. The summed E-state index contributed by atoms with van der Waals surface area (Å²) in [5, 5.41) is 0. The van der Waals surface area contributed by atoms with E-state index in [9.17, 15) is 18.4 Å². The summed E-state index contributed by atoms with van der Waals surface area (Å²) in [6.07, 6.45) is 0.449. The number of hydrogen-bond acceptors (Lipinski definition) is 4. The van der Waals surface area contributed by atoms with Gasteiger partial charge in [0.1, 0.15) is 17.6 Å². The van der Waals surface area contributed by atoms with Crippen molar-refractivity contribution in [3.05, 3.63) is 27.7 Å². The van der Waals surface area contributed by atoms with Crippen molar-refractivity contribution in [3.8, 4) is 5.75 Å². The molecule has 0 unspecified atom stereocenters. The molecule has 0 fully saturated rings. The molecule has 92 valence electrons. The summed E-state index contributed by atoms with van der Waals surface area (Å²) in [7, 11) is 1.11. The second-order valence-electron chi connectivity index (χ2n) is 2.86. The fraction of sp³-hybridized carbons (Fsp3) is 0.200. The Morgan fingerprint density at radius 2 is 2.12 bits per heavy atom. The highest BCUT2D eigenvalue weighted by Crippen LogP contribution is 2.30. The number of alkyl halides is 2. The van der Waals surface area contributed by atoms with E-state index in [2.05, 4.69) is 25.4 Å². The summed E-state index contributed by atoms with van der Waals surface area (Å²) in [5.41, 5.74) is -0.0985. The van der Waals surface area contributed by atoms with Crippen LogP contribution in [0.1, 0.15) is 20.7 Å². The second kappa shape index (κ2) is 5.72. The zero-order valence-corrected chi connectivity index (χ0v) is 10.2. The maximum atomic E-state index is 12.2. The van der Waals surface area contributed by atoms with Gasteiger partial charge in [0.2, 0.25) is 0 Å². The molecule has 0 aliphatic carbocycles. The number of rotatable bonds is 4. The summed E-state index contributed by atoms with van der Waals surface area (Å²) in [4.78, 5) is 21.9. The molecule has 0 aromatic heterocycles. The van der Waals surface area contributed by atoms with Crippen LogP contribution in [0.15, 0.2) is 16.6 Å². The predicted octanol–water partition coefficient (Wildman–Crippen LogP) is 2.65. The number of aldehydes is 1. The van der Waals surface area contributed by atoms with Gasteiger partial charge in [-0.05, 0) is 28.1 Å². The van der Waals surface area contributed by atoms with Crippen LogP contribution in [0.5, 0.6) is 5.75 Å². The van der Waals surface area contributed by atoms with Gasteiger partial charge in [0, 0.05) is 10.0 Å². The number of benzene rings is 1. The number of halogens is 3. The van der Waals surface area contributed by atoms with Gasteiger partial charge in [-0.3, -0.25) is 4.79 Å². The number of carbonyl (C=O) groups excluding carboxylic acids is 2. The molecular formula is C10H7BrF2O4. The largest absolute Gasteiger partial charge is 0.465 e. The van der Waals surface area contributed by atoms with Crippen LogP contribution in [-0.2, 0) is 4.74 Å². The predicted molar refractivity (Wildman–Crippen MR) is 57.5 cm³/mol. The molecular weight excluding hydrogens is 302 g/mol. The highest BCUT2D eigenvalue weighted by atomic mass is 79.9. The zero-order chi connectivity index (χ0) is 13.0. The van der Waals surface area contributed by atoms with E-state index in [4.69, 9.17) is 0 Å². The molecule has 0 saturated carbocycles. The normalized spacial score (nSPS) is 10.2. The Hall–Kier alpha value is -1.50. The molecule has 0 atom stereocenters. The first kappa shape index (κ1) is 13.6. The maximum Gasteiger partial charge on any atom is 0.387 e. The van der Waals surface area contributed by atoms with Gasteiger partial charge in [0.05, 0.1) is 7.11 Å². The van der Waals surface area contributed by atoms with Crippen LogP contribution in [0.3, 0.4) is 0 Å². The molecule has 1 aromatic carbocycles. The minimum Gasteiger partial charge on any atom is -0.465 e. The third-order valence-corrected chi connectivity index (χ3v) is 2.44. The molecule has 17 heavy (non-hydrogen) atoms. The van der Waals surface area contributed by atoms with Crippen LogP contribution in [0.2, 0.25) is 0 Å². The molecule has 0 amide bonds. The Balaban J connectivity index is 3.33.